The maximum absolute atomic E-state index is 11.8. The SMILES string of the molecule is Cl.Cl.O=C(NCc1nc(C2CC2)cs1)C1CNCCO1. The van der Waals surface area contributed by atoms with Gasteiger partial charge in [0.1, 0.15) is 11.1 Å². The Morgan fingerprint density at radius 3 is 2.95 bits per heavy atom. The van der Waals surface area contributed by atoms with Crippen molar-refractivity contribution in [1.29, 1.82) is 0 Å². The summed E-state index contributed by atoms with van der Waals surface area (Å²) < 4.78 is 5.39. The molecule has 1 unspecified atom stereocenters. The van der Waals surface area contributed by atoms with Crippen molar-refractivity contribution in [2.75, 3.05) is 19.7 Å². The molecule has 1 aromatic heterocycles. The molecule has 2 heterocycles. The molecule has 1 aromatic rings. The number of thiazole rings is 1. The van der Waals surface area contributed by atoms with E-state index in [2.05, 4.69) is 21.0 Å². The predicted molar refractivity (Wildman–Crippen MR) is 83.0 cm³/mol. The fourth-order valence-electron chi connectivity index (χ4n) is 1.98. The molecule has 0 aromatic carbocycles. The van der Waals surface area contributed by atoms with Crippen LogP contribution in [0.3, 0.4) is 0 Å². The second-order valence-electron chi connectivity index (χ2n) is 4.72. The molecular formula is C12H19Cl2N3O2S. The third-order valence-corrected chi connectivity index (χ3v) is 4.07. The predicted octanol–water partition coefficient (Wildman–Crippen LogP) is 1.47. The maximum atomic E-state index is 11.8. The van der Waals surface area contributed by atoms with Crippen LogP contribution in [0.25, 0.3) is 0 Å². The highest BCUT2D eigenvalue weighted by molar-refractivity contribution is 7.09. The minimum Gasteiger partial charge on any atom is -0.366 e. The van der Waals surface area contributed by atoms with Crippen LogP contribution in [0.4, 0.5) is 0 Å². The number of hydrogen-bond donors (Lipinski definition) is 2. The van der Waals surface area contributed by atoms with Crippen molar-refractivity contribution in [3.63, 3.8) is 0 Å². The highest BCUT2D eigenvalue weighted by atomic mass is 35.5. The summed E-state index contributed by atoms with van der Waals surface area (Å²) in [5.41, 5.74) is 1.19. The molecule has 1 aliphatic carbocycles. The number of aromatic nitrogens is 1. The lowest BCUT2D eigenvalue weighted by atomic mass is 10.3. The van der Waals surface area contributed by atoms with E-state index in [4.69, 9.17) is 4.74 Å². The van der Waals surface area contributed by atoms with Crippen molar-refractivity contribution >= 4 is 42.1 Å². The number of hydrogen-bond acceptors (Lipinski definition) is 5. The number of ether oxygens (including phenoxy) is 1. The second-order valence-corrected chi connectivity index (χ2v) is 5.66. The first-order valence-electron chi connectivity index (χ1n) is 6.37. The van der Waals surface area contributed by atoms with Crippen LogP contribution in [-0.4, -0.2) is 36.7 Å². The van der Waals surface area contributed by atoms with Gasteiger partial charge in [-0.3, -0.25) is 4.79 Å². The number of halogens is 2. The van der Waals surface area contributed by atoms with Crippen LogP contribution in [0.1, 0.15) is 29.5 Å². The monoisotopic (exact) mass is 339 g/mol. The Hall–Kier alpha value is -0.400. The summed E-state index contributed by atoms with van der Waals surface area (Å²) in [5, 5.41) is 9.12. The molecule has 0 spiro atoms. The first kappa shape index (κ1) is 17.7. The molecule has 20 heavy (non-hydrogen) atoms. The minimum atomic E-state index is -0.360. The molecule has 5 nitrogen and oxygen atoms in total. The zero-order chi connectivity index (χ0) is 12.4. The summed E-state index contributed by atoms with van der Waals surface area (Å²) in [7, 11) is 0. The van der Waals surface area contributed by atoms with Crippen LogP contribution in [0.5, 0.6) is 0 Å². The van der Waals surface area contributed by atoms with Gasteiger partial charge in [0.15, 0.2) is 0 Å². The zero-order valence-corrected chi connectivity index (χ0v) is 13.4. The smallest absolute Gasteiger partial charge is 0.250 e. The summed E-state index contributed by atoms with van der Waals surface area (Å²) in [6.45, 7) is 2.52. The summed E-state index contributed by atoms with van der Waals surface area (Å²) in [6.07, 6.45) is 2.16. The number of nitrogens with one attached hydrogen (secondary N) is 2. The summed E-state index contributed by atoms with van der Waals surface area (Å²) >= 11 is 1.62. The number of carbonyl (C=O) groups is 1. The maximum Gasteiger partial charge on any atom is 0.250 e. The van der Waals surface area contributed by atoms with Gasteiger partial charge in [0, 0.05) is 24.4 Å². The number of morpholine rings is 1. The summed E-state index contributed by atoms with van der Waals surface area (Å²) in [6, 6.07) is 0. The van der Waals surface area contributed by atoms with Gasteiger partial charge in [0.25, 0.3) is 5.91 Å². The van der Waals surface area contributed by atoms with Gasteiger partial charge >= 0.3 is 0 Å². The van der Waals surface area contributed by atoms with Crippen molar-refractivity contribution in [2.24, 2.45) is 0 Å². The van der Waals surface area contributed by atoms with Crippen molar-refractivity contribution in [2.45, 2.75) is 31.4 Å². The largest absolute Gasteiger partial charge is 0.366 e. The van der Waals surface area contributed by atoms with Crippen molar-refractivity contribution < 1.29 is 9.53 Å². The topological polar surface area (TPSA) is 63.2 Å². The molecular weight excluding hydrogens is 321 g/mol. The standard InChI is InChI=1S/C12H17N3O2S.2ClH/c16-12(10-5-13-3-4-17-10)14-6-11-15-9(7-18-11)8-1-2-8;;/h7-8,10,13H,1-6H2,(H,14,16);2*1H. The molecule has 2 fully saturated rings. The van der Waals surface area contributed by atoms with Gasteiger partial charge in [-0.25, -0.2) is 4.98 Å². The molecule has 0 radical (unpaired) electrons. The molecule has 2 aliphatic rings. The van der Waals surface area contributed by atoms with E-state index in [1.807, 2.05) is 0 Å². The molecule has 1 saturated heterocycles. The van der Waals surface area contributed by atoms with Gasteiger partial charge < -0.3 is 15.4 Å². The van der Waals surface area contributed by atoms with Gasteiger partial charge in [-0.15, -0.1) is 36.2 Å². The van der Waals surface area contributed by atoms with Crippen LogP contribution in [0.2, 0.25) is 0 Å². The lowest BCUT2D eigenvalue weighted by Crippen LogP contribution is -2.47. The first-order chi connectivity index (χ1) is 8.83. The Bertz CT molecular complexity index is 434. The normalized spacial score (nSPS) is 21.5. The van der Waals surface area contributed by atoms with Gasteiger partial charge in [-0.05, 0) is 12.8 Å². The lowest BCUT2D eigenvalue weighted by Gasteiger charge is -2.22. The third-order valence-electron chi connectivity index (χ3n) is 3.20. The lowest BCUT2D eigenvalue weighted by molar-refractivity contribution is -0.134. The van der Waals surface area contributed by atoms with E-state index in [9.17, 15) is 4.79 Å². The Balaban J connectivity index is 0.000001000. The average Bonchev–Trinajstić information content (AvgIpc) is 3.16. The second kappa shape index (κ2) is 8.14. The van der Waals surface area contributed by atoms with Gasteiger partial charge in [0.05, 0.1) is 18.8 Å². The molecule has 1 saturated carbocycles. The van der Waals surface area contributed by atoms with E-state index in [1.54, 1.807) is 11.3 Å². The fraction of sp³-hybridized carbons (Fsp3) is 0.667. The minimum absolute atomic E-state index is 0. The van der Waals surface area contributed by atoms with Gasteiger partial charge in [-0.1, -0.05) is 0 Å². The van der Waals surface area contributed by atoms with E-state index in [1.165, 1.54) is 18.5 Å². The highest BCUT2D eigenvalue weighted by Crippen LogP contribution is 2.40. The number of rotatable bonds is 4. The summed E-state index contributed by atoms with van der Waals surface area (Å²) in [5.74, 6) is 0.627. The number of nitrogens with zero attached hydrogens (tertiary/aromatic N) is 1. The molecule has 1 aliphatic heterocycles. The molecule has 0 bridgehead atoms. The molecule has 8 heteroatoms. The van der Waals surface area contributed by atoms with E-state index >= 15 is 0 Å². The highest BCUT2D eigenvalue weighted by Gasteiger charge is 2.26. The Morgan fingerprint density at radius 1 is 1.50 bits per heavy atom. The van der Waals surface area contributed by atoms with Crippen molar-refractivity contribution in [3.05, 3.63) is 16.1 Å². The van der Waals surface area contributed by atoms with Crippen LogP contribution < -0.4 is 10.6 Å². The van der Waals surface area contributed by atoms with Crippen molar-refractivity contribution in [1.82, 2.24) is 15.6 Å². The number of carbonyl (C=O) groups excluding carboxylic acids is 1. The fourth-order valence-corrected chi connectivity index (χ4v) is 2.80. The molecule has 2 N–H and O–H groups in total. The third kappa shape index (κ3) is 4.56. The Morgan fingerprint density at radius 2 is 2.30 bits per heavy atom. The molecule has 114 valence electrons. The first-order valence-corrected chi connectivity index (χ1v) is 7.25. The molecule has 3 rings (SSSR count). The van der Waals surface area contributed by atoms with E-state index in [-0.39, 0.29) is 36.8 Å². The van der Waals surface area contributed by atoms with E-state index in [0.717, 1.165) is 11.6 Å². The van der Waals surface area contributed by atoms with Crippen LogP contribution in [0, 0.1) is 0 Å². The van der Waals surface area contributed by atoms with Gasteiger partial charge in [-0.2, -0.15) is 0 Å². The Labute approximate surface area is 134 Å². The molecule has 1 atom stereocenters. The van der Waals surface area contributed by atoms with E-state index in [0.29, 0.717) is 25.6 Å². The number of amides is 1. The van der Waals surface area contributed by atoms with Crippen LogP contribution in [-0.2, 0) is 16.1 Å². The van der Waals surface area contributed by atoms with Gasteiger partial charge in [0.2, 0.25) is 0 Å². The zero-order valence-electron chi connectivity index (χ0n) is 11.0. The van der Waals surface area contributed by atoms with Crippen LogP contribution in [0.15, 0.2) is 5.38 Å². The van der Waals surface area contributed by atoms with E-state index < -0.39 is 0 Å². The summed E-state index contributed by atoms with van der Waals surface area (Å²) in [4.78, 5) is 16.4. The molecule has 1 amide bonds. The quantitative estimate of drug-likeness (QED) is 0.871. The van der Waals surface area contributed by atoms with Crippen molar-refractivity contribution in [3.8, 4) is 0 Å². The Kier molecular flexibility index (Phi) is 7.19. The average molecular weight is 340 g/mol. The van der Waals surface area contributed by atoms with Crippen LogP contribution >= 0.6 is 36.2 Å².